The Labute approximate surface area is 157 Å². The standard InChI is InChI=1S/C20H32N4O2/c1-21-20(23(2)15-17-8-11-26-16-17)22-14-19(18-6-4-3-5-7-18)24-9-12-25-13-10-24/h3-7,17,19H,8-16H2,1-2H3,(H,21,22). The molecule has 2 aliphatic rings. The summed E-state index contributed by atoms with van der Waals surface area (Å²) in [6, 6.07) is 11.0. The first-order valence-electron chi connectivity index (χ1n) is 9.64. The Hall–Kier alpha value is -1.63. The summed E-state index contributed by atoms with van der Waals surface area (Å²) in [4.78, 5) is 9.22. The number of morpholine rings is 1. The third-order valence-electron chi connectivity index (χ3n) is 5.25. The number of hydrogen-bond donors (Lipinski definition) is 1. The van der Waals surface area contributed by atoms with Gasteiger partial charge in [-0.2, -0.15) is 0 Å². The summed E-state index contributed by atoms with van der Waals surface area (Å²) in [7, 11) is 3.97. The number of nitrogens with one attached hydrogen (secondary N) is 1. The Kier molecular flexibility index (Phi) is 7.29. The molecule has 0 saturated carbocycles. The van der Waals surface area contributed by atoms with E-state index in [1.54, 1.807) is 0 Å². The number of guanidine groups is 1. The monoisotopic (exact) mass is 360 g/mol. The molecule has 6 nitrogen and oxygen atoms in total. The zero-order valence-corrected chi connectivity index (χ0v) is 16.1. The topological polar surface area (TPSA) is 49.3 Å². The number of ether oxygens (including phenoxy) is 2. The molecule has 0 radical (unpaired) electrons. The Morgan fingerprint density at radius 3 is 2.65 bits per heavy atom. The first-order chi connectivity index (χ1) is 12.8. The van der Waals surface area contributed by atoms with Crippen LogP contribution in [0, 0.1) is 5.92 Å². The molecule has 144 valence electrons. The van der Waals surface area contributed by atoms with Crippen molar-refractivity contribution in [1.29, 1.82) is 0 Å². The largest absolute Gasteiger partial charge is 0.381 e. The van der Waals surface area contributed by atoms with Crippen LogP contribution in [0.1, 0.15) is 18.0 Å². The molecule has 2 aliphatic heterocycles. The van der Waals surface area contributed by atoms with Crippen molar-refractivity contribution < 1.29 is 9.47 Å². The molecule has 0 amide bonds. The highest BCUT2D eigenvalue weighted by atomic mass is 16.5. The van der Waals surface area contributed by atoms with Crippen LogP contribution in [0.3, 0.4) is 0 Å². The fraction of sp³-hybridized carbons (Fsp3) is 0.650. The van der Waals surface area contributed by atoms with Gasteiger partial charge in [0.1, 0.15) is 0 Å². The first kappa shape index (κ1) is 19.1. The molecule has 1 aromatic carbocycles. The van der Waals surface area contributed by atoms with Gasteiger partial charge in [-0.05, 0) is 12.0 Å². The third kappa shape index (κ3) is 5.19. The van der Waals surface area contributed by atoms with Crippen molar-refractivity contribution in [3.63, 3.8) is 0 Å². The fourth-order valence-corrected chi connectivity index (χ4v) is 3.80. The molecule has 3 rings (SSSR count). The lowest BCUT2D eigenvalue weighted by molar-refractivity contribution is 0.0169. The molecule has 6 heteroatoms. The maximum atomic E-state index is 5.54. The van der Waals surface area contributed by atoms with Crippen LogP contribution >= 0.6 is 0 Å². The summed E-state index contributed by atoms with van der Waals surface area (Å²) in [6.07, 6.45) is 1.14. The zero-order valence-electron chi connectivity index (χ0n) is 16.1. The molecule has 1 N–H and O–H groups in total. The van der Waals surface area contributed by atoms with Crippen LogP contribution in [0.15, 0.2) is 35.3 Å². The predicted octanol–water partition coefficient (Wildman–Crippen LogP) is 1.60. The Morgan fingerprint density at radius 2 is 2.00 bits per heavy atom. The van der Waals surface area contributed by atoms with Gasteiger partial charge in [-0.25, -0.2) is 0 Å². The smallest absolute Gasteiger partial charge is 0.193 e. The quantitative estimate of drug-likeness (QED) is 0.617. The molecule has 2 saturated heterocycles. The van der Waals surface area contributed by atoms with E-state index < -0.39 is 0 Å². The van der Waals surface area contributed by atoms with E-state index in [-0.39, 0.29) is 0 Å². The Balaban J connectivity index is 1.61. The average Bonchev–Trinajstić information content (AvgIpc) is 3.19. The molecule has 1 aromatic rings. The first-order valence-corrected chi connectivity index (χ1v) is 9.64. The highest BCUT2D eigenvalue weighted by Crippen LogP contribution is 2.21. The average molecular weight is 361 g/mol. The van der Waals surface area contributed by atoms with Crippen molar-refractivity contribution in [3.8, 4) is 0 Å². The van der Waals surface area contributed by atoms with Gasteiger partial charge in [0.2, 0.25) is 0 Å². The number of nitrogens with zero attached hydrogens (tertiary/aromatic N) is 3. The molecular weight excluding hydrogens is 328 g/mol. The van der Waals surface area contributed by atoms with Crippen LogP contribution in [0.25, 0.3) is 0 Å². The summed E-state index contributed by atoms with van der Waals surface area (Å²) >= 11 is 0. The van der Waals surface area contributed by atoms with Crippen molar-refractivity contribution in [2.24, 2.45) is 10.9 Å². The normalized spacial score (nSPS) is 23.0. The summed E-state index contributed by atoms with van der Waals surface area (Å²) in [5.74, 6) is 1.55. The van der Waals surface area contributed by atoms with Gasteiger partial charge in [-0.1, -0.05) is 30.3 Å². The summed E-state index contributed by atoms with van der Waals surface area (Å²) in [5.41, 5.74) is 1.34. The highest BCUT2D eigenvalue weighted by molar-refractivity contribution is 5.79. The third-order valence-corrected chi connectivity index (χ3v) is 5.25. The molecule has 2 atom stereocenters. The second kappa shape index (κ2) is 9.90. The van der Waals surface area contributed by atoms with Crippen LogP contribution in [-0.2, 0) is 9.47 Å². The van der Waals surface area contributed by atoms with Crippen LogP contribution < -0.4 is 5.32 Å². The number of aliphatic imine (C=N–C) groups is 1. The van der Waals surface area contributed by atoms with Crippen molar-refractivity contribution in [2.75, 3.05) is 66.7 Å². The van der Waals surface area contributed by atoms with Crippen molar-refractivity contribution in [3.05, 3.63) is 35.9 Å². The molecular formula is C20H32N4O2. The summed E-state index contributed by atoms with van der Waals surface area (Å²) in [6.45, 7) is 7.11. The summed E-state index contributed by atoms with van der Waals surface area (Å²) in [5, 5.41) is 3.59. The van der Waals surface area contributed by atoms with Gasteiger partial charge >= 0.3 is 0 Å². The SMILES string of the molecule is CN=C(NCC(c1ccccc1)N1CCOCC1)N(C)CC1CCOC1. The minimum Gasteiger partial charge on any atom is -0.381 e. The molecule has 2 heterocycles. The number of benzene rings is 1. The maximum absolute atomic E-state index is 5.54. The van der Waals surface area contributed by atoms with Gasteiger partial charge in [0.25, 0.3) is 0 Å². The van der Waals surface area contributed by atoms with Crippen molar-refractivity contribution in [2.45, 2.75) is 12.5 Å². The van der Waals surface area contributed by atoms with E-state index in [4.69, 9.17) is 9.47 Å². The lowest BCUT2D eigenvalue weighted by atomic mass is 10.0. The van der Waals surface area contributed by atoms with E-state index in [2.05, 4.69) is 57.5 Å². The van der Waals surface area contributed by atoms with Crippen molar-refractivity contribution in [1.82, 2.24) is 15.1 Å². The van der Waals surface area contributed by atoms with Gasteiger partial charge in [0, 0.05) is 52.8 Å². The van der Waals surface area contributed by atoms with Crippen LogP contribution in [0.4, 0.5) is 0 Å². The van der Waals surface area contributed by atoms with Gasteiger partial charge in [-0.15, -0.1) is 0 Å². The minimum atomic E-state index is 0.320. The fourth-order valence-electron chi connectivity index (χ4n) is 3.80. The van der Waals surface area contributed by atoms with E-state index in [1.807, 2.05) is 7.05 Å². The maximum Gasteiger partial charge on any atom is 0.193 e. The van der Waals surface area contributed by atoms with Gasteiger partial charge in [-0.3, -0.25) is 9.89 Å². The Morgan fingerprint density at radius 1 is 1.23 bits per heavy atom. The molecule has 0 aromatic heterocycles. The second-order valence-electron chi connectivity index (χ2n) is 7.11. The minimum absolute atomic E-state index is 0.320. The van der Waals surface area contributed by atoms with Gasteiger partial charge in [0.05, 0.1) is 25.9 Å². The van der Waals surface area contributed by atoms with E-state index >= 15 is 0 Å². The lowest BCUT2D eigenvalue weighted by Crippen LogP contribution is -2.47. The van der Waals surface area contributed by atoms with Crippen LogP contribution in [0.5, 0.6) is 0 Å². The molecule has 0 aliphatic carbocycles. The molecule has 0 spiro atoms. The number of rotatable bonds is 6. The summed E-state index contributed by atoms with van der Waals surface area (Å²) < 4.78 is 11.0. The second-order valence-corrected chi connectivity index (χ2v) is 7.11. The molecule has 2 fully saturated rings. The van der Waals surface area contributed by atoms with Crippen LogP contribution in [0.2, 0.25) is 0 Å². The Bertz CT molecular complexity index is 554. The van der Waals surface area contributed by atoms with Crippen molar-refractivity contribution >= 4 is 5.96 Å². The zero-order chi connectivity index (χ0) is 18.2. The van der Waals surface area contributed by atoms with E-state index in [0.717, 1.165) is 65.0 Å². The van der Waals surface area contributed by atoms with Crippen LogP contribution in [-0.4, -0.2) is 82.5 Å². The molecule has 2 unspecified atom stereocenters. The van der Waals surface area contributed by atoms with Gasteiger partial charge < -0.3 is 19.7 Å². The van der Waals surface area contributed by atoms with E-state index in [9.17, 15) is 0 Å². The predicted molar refractivity (Wildman–Crippen MR) is 104 cm³/mol. The molecule has 0 bridgehead atoms. The van der Waals surface area contributed by atoms with Gasteiger partial charge in [0.15, 0.2) is 5.96 Å². The lowest BCUT2D eigenvalue weighted by Gasteiger charge is -2.36. The van der Waals surface area contributed by atoms with E-state index in [1.165, 1.54) is 5.56 Å². The number of hydrogen-bond acceptors (Lipinski definition) is 4. The van der Waals surface area contributed by atoms with E-state index in [0.29, 0.717) is 12.0 Å². The highest BCUT2D eigenvalue weighted by Gasteiger charge is 2.24. The molecule has 26 heavy (non-hydrogen) atoms.